The summed E-state index contributed by atoms with van der Waals surface area (Å²) in [5.74, 6) is 0.714. The molecule has 2 aromatic rings. The number of nitrogens with zero attached hydrogens (tertiary/aromatic N) is 2. The van der Waals surface area contributed by atoms with Crippen LogP contribution in [0.15, 0.2) is 35.4 Å². The predicted octanol–water partition coefficient (Wildman–Crippen LogP) is 1.57. The van der Waals surface area contributed by atoms with Crippen molar-refractivity contribution in [2.45, 2.75) is 5.03 Å². The summed E-state index contributed by atoms with van der Waals surface area (Å²) in [6, 6.07) is 12.2. The zero-order valence-electron chi connectivity index (χ0n) is 12.8. The fourth-order valence-electron chi connectivity index (χ4n) is 1.84. The van der Waals surface area contributed by atoms with Crippen molar-refractivity contribution in [3.63, 3.8) is 0 Å². The summed E-state index contributed by atoms with van der Waals surface area (Å²) in [6.45, 7) is 0. The van der Waals surface area contributed by atoms with Crippen LogP contribution in [0.4, 0.5) is 11.5 Å². The van der Waals surface area contributed by atoms with Gasteiger partial charge in [0.2, 0.25) is 5.91 Å². The molecule has 0 unspecified atom stereocenters. The lowest BCUT2D eigenvalue weighted by molar-refractivity contribution is -0.410. The molecule has 0 radical (unpaired) electrons. The van der Waals surface area contributed by atoms with Crippen molar-refractivity contribution in [3.05, 3.63) is 41.5 Å². The van der Waals surface area contributed by atoms with E-state index < -0.39 is 0 Å². The molecule has 0 saturated carbocycles. The number of pyridine rings is 1. The minimum atomic E-state index is -0.231. The molecule has 1 heterocycles. The number of aromatic nitrogens is 1. The van der Waals surface area contributed by atoms with E-state index >= 15 is 0 Å². The van der Waals surface area contributed by atoms with Crippen molar-refractivity contribution in [3.8, 4) is 17.9 Å². The normalized spacial score (nSPS) is 9.62. The van der Waals surface area contributed by atoms with Crippen molar-refractivity contribution >= 4 is 29.2 Å². The number of benzene rings is 1. The quantitative estimate of drug-likeness (QED) is 0.796. The van der Waals surface area contributed by atoms with E-state index in [-0.39, 0.29) is 28.6 Å². The second-order valence-corrected chi connectivity index (χ2v) is 5.61. The molecule has 8 heteroatoms. The molecule has 0 aliphatic heterocycles. The highest BCUT2D eigenvalue weighted by Crippen LogP contribution is 2.21. The third kappa shape index (κ3) is 4.15. The van der Waals surface area contributed by atoms with E-state index in [4.69, 9.17) is 21.0 Å². The van der Waals surface area contributed by atoms with Gasteiger partial charge in [0.25, 0.3) is 5.82 Å². The Labute approximate surface area is 143 Å². The molecule has 2 rings (SSSR count). The summed E-state index contributed by atoms with van der Waals surface area (Å²) in [5, 5.41) is 21.2. The number of aromatic amines is 1. The number of nitrogens with one attached hydrogen (secondary N) is 2. The monoisotopic (exact) mass is 340 g/mol. The smallest absolute Gasteiger partial charge is 0.289 e. The molecule has 0 atom stereocenters. The van der Waals surface area contributed by atoms with Crippen LogP contribution in [0.5, 0.6) is 5.75 Å². The molecule has 4 N–H and O–H groups in total. The molecule has 0 aliphatic carbocycles. The number of rotatable bonds is 5. The van der Waals surface area contributed by atoms with Crippen LogP contribution in [0.3, 0.4) is 0 Å². The number of nitrogen functional groups attached to an aromatic ring is 1. The van der Waals surface area contributed by atoms with Gasteiger partial charge in [0.05, 0.1) is 12.9 Å². The van der Waals surface area contributed by atoms with Crippen LogP contribution in [0.25, 0.3) is 0 Å². The minimum Gasteiger partial charge on any atom is -0.497 e. The number of carbonyl (C=O) groups is 1. The van der Waals surface area contributed by atoms with Gasteiger partial charge in [-0.3, -0.25) is 10.5 Å². The maximum atomic E-state index is 12.0. The van der Waals surface area contributed by atoms with E-state index in [9.17, 15) is 4.79 Å². The Kier molecular flexibility index (Phi) is 5.61. The van der Waals surface area contributed by atoms with E-state index in [0.29, 0.717) is 16.5 Å². The number of nitrogens with two attached hydrogens (primary N) is 1. The van der Waals surface area contributed by atoms with Crippen molar-refractivity contribution in [2.24, 2.45) is 0 Å². The van der Waals surface area contributed by atoms with Crippen molar-refractivity contribution in [1.29, 1.82) is 10.5 Å². The highest BCUT2D eigenvalue weighted by atomic mass is 32.2. The summed E-state index contributed by atoms with van der Waals surface area (Å²) in [6.07, 6.45) is 0. The number of methoxy groups -OCH3 is 1. The van der Waals surface area contributed by atoms with Gasteiger partial charge >= 0.3 is 0 Å². The highest BCUT2D eigenvalue weighted by molar-refractivity contribution is 7.99. The van der Waals surface area contributed by atoms with Gasteiger partial charge in [-0.05, 0) is 30.3 Å². The largest absolute Gasteiger partial charge is 0.497 e. The average Bonchev–Trinajstić information content (AvgIpc) is 2.60. The number of anilines is 2. The average molecular weight is 340 g/mol. The number of thioether (sulfide) groups is 1. The molecule has 0 aliphatic rings. The van der Waals surface area contributed by atoms with Crippen molar-refractivity contribution in [2.75, 3.05) is 23.9 Å². The number of nitriles is 2. The summed E-state index contributed by atoms with van der Waals surface area (Å²) in [7, 11) is 1.57. The van der Waals surface area contributed by atoms with E-state index in [0.717, 1.165) is 11.8 Å². The first-order valence-electron chi connectivity index (χ1n) is 6.80. The Hall–Kier alpha value is -3.23. The van der Waals surface area contributed by atoms with E-state index in [2.05, 4.69) is 10.3 Å². The molecule has 0 spiro atoms. The molecule has 1 aromatic heterocycles. The number of carbonyl (C=O) groups excluding carboxylic acids is 1. The van der Waals surface area contributed by atoms with Gasteiger partial charge in [-0.1, -0.05) is 11.8 Å². The van der Waals surface area contributed by atoms with Crippen LogP contribution in [0.2, 0.25) is 0 Å². The zero-order valence-corrected chi connectivity index (χ0v) is 13.6. The maximum absolute atomic E-state index is 12.0. The van der Waals surface area contributed by atoms with Crippen molar-refractivity contribution in [1.82, 2.24) is 0 Å². The molecule has 120 valence electrons. The predicted molar refractivity (Wildman–Crippen MR) is 89.2 cm³/mol. The van der Waals surface area contributed by atoms with Crippen LogP contribution in [-0.2, 0) is 4.79 Å². The van der Waals surface area contributed by atoms with E-state index in [1.54, 1.807) is 31.4 Å². The first-order valence-corrected chi connectivity index (χ1v) is 7.78. The highest BCUT2D eigenvalue weighted by Gasteiger charge is 2.16. The SMILES string of the molecule is COc1ccc(NC(=O)CSc2[nH+]c(N)c(C#N)cc2C#N)cc1. The van der Waals surface area contributed by atoms with Crippen LogP contribution in [-0.4, -0.2) is 18.8 Å². The Balaban J connectivity index is 2.02. The van der Waals surface area contributed by atoms with E-state index in [1.165, 1.54) is 6.07 Å². The Morgan fingerprint density at radius 1 is 1.29 bits per heavy atom. The molecule has 1 amide bonds. The van der Waals surface area contributed by atoms with E-state index in [1.807, 2.05) is 12.1 Å². The molecular weight excluding hydrogens is 326 g/mol. The lowest BCUT2D eigenvalue weighted by Gasteiger charge is -2.06. The van der Waals surface area contributed by atoms with Gasteiger partial charge in [0.15, 0.2) is 5.03 Å². The lowest BCUT2D eigenvalue weighted by Crippen LogP contribution is -2.19. The van der Waals surface area contributed by atoms with Crippen LogP contribution >= 0.6 is 11.8 Å². The molecule has 0 bridgehead atoms. The topological polar surface area (TPSA) is 126 Å². The number of hydrogen-bond acceptors (Lipinski definition) is 6. The van der Waals surface area contributed by atoms with Gasteiger partial charge in [-0.2, -0.15) is 10.5 Å². The Bertz CT molecular complexity index is 837. The summed E-state index contributed by atoms with van der Waals surface area (Å²) in [4.78, 5) is 14.8. The molecular formula is C16H14N5O2S+. The van der Waals surface area contributed by atoms with Gasteiger partial charge < -0.3 is 10.1 Å². The van der Waals surface area contributed by atoms with Crippen LogP contribution in [0, 0.1) is 22.7 Å². The summed E-state index contributed by atoms with van der Waals surface area (Å²) < 4.78 is 5.05. The van der Waals surface area contributed by atoms with Gasteiger partial charge in [-0.25, -0.2) is 4.98 Å². The molecule has 24 heavy (non-hydrogen) atoms. The fraction of sp³-hybridized carbons (Fsp3) is 0.125. The third-order valence-electron chi connectivity index (χ3n) is 3.03. The summed E-state index contributed by atoms with van der Waals surface area (Å²) >= 11 is 1.14. The number of amides is 1. The van der Waals surface area contributed by atoms with Crippen molar-refractivity contribution < 1.29 is 14.5 Å². The summed E-state index contributed by atoms with van der Waals surface area (Å²) in [5.41, 5.74) is 6.80. The second kappa shape index (κ2) is 7.86. The van der Waals surface area contributed by atoms with Gasteiger partial charge in [0.1, 0.15) is 29.0 Å². The zero-order chi connectivity index (χ0) is 17.5. The number of H-pyrrole nitrogens is 1. The van der Waals surface area contributed by atoms with Crippen LogP contribution < -0.4 is 20.8 Å². The fourth-order valence-corrected chi connectivity index (χ4v) is 2.63. The molecule has 0 saturated heterocycles. The first kappa shape index (κ1) is 17.1. The third-order valence-corrected chi connectivity index (χ3v) is 4.05. The van der Waals surface area contributed by atoms with Crippen LogP contribution in [0.1, 0.15) is 11.1 Å². The Morgan fingerprint density at radius 2 is 1.96 bits per heavy atom. The maximum Gasteiger partial charge on any atom is 0.289 e. The van der Waals surface area contributed by atoms with Gasteiger partial charge in [-0.15, -0.1) is 0 Å². The standard InChI is InChI=1S/C16H13N5O2S/c1-23-13-4-2-12(3-5-13)20-14(22)9-24-16-11(8-18)6-10(7-17)15(19)21-16/h2-6H,9H2,1H3,(H2,19,21)(H,20,22)/p+1. The molecule has 7 nitrogen and oxygen atoms in total. The lowest BCUT2D eigenvalue weighted by atomic mass is 10.2. The minimum absolute atomic E-state index is 0.0859. The number of hydrogen-bond donors (Lipinski definition) is 2. The molecule has 1 aromatic carbocycles. The van der Waals surface area contributed by atoms with Gasteiger partial charge in [0, 0.05) is 5.69 Å². The Morgan fingerprint density at radius 3 is 2.54 bits per heavy atom. The number of ether oxygens (including phenoxy) is 1. The first-order chi connectivity index (χ1) is 11.6. The second-order valence-electron chi connectivity index (χ2n) is 4.63. The molecule has 0 fully saturated rings.